The SMILES string of the molecule is O=C(NC(c1ccccc1)c1ccccc1)c1ccc(Cl)c(S(=O)(=O)N2CCOCC2)c1. The molecule has 166 valence electrons. The molecule has 1 aliphatic heterocycles. The molecule has 1 fully saturated rings. The minimum absolute atomic E-state index is 0.0790. The lowest BCUT2D eigenvalue weighted by atomic mass is 9.98. The van der Waals surface area contributed by atoms with Crippen molar-refractivity contribution in [3.05, 3.63) is 101 Å². The van der Waals surface area contributed by atoms with Crippen LogP contribution in [0.1, 0.15) is 27.5 Å². The van der Waals surface area contributed by atoms with Crippen LogP contribution >= 0.6 is 11.6 Å². The second kappa shape index (κ2) is 9.83. The third kappa shape index (κ3) is 4.86. The van der Waals surface area contributed by atoms with Crippen molar-refractivity contribution in [1.29, 1.82) is 0 Å². The molecule has 8 heteroatoms. The third-order valence-corrected chi connectivity index (χ3v) is 7.70. The molecule has 3 aromatic rings. The largest absolute Gasteiger partial charge is 0.379 e. The topological polar surface area (TPSA) is 75.7 Å². The lowest BCUT2D eigenvalue weighted by Gasteiger charge is -2.26. The predicted octanol–water partition coefficient (Wildman–Crippen LogP) is 3.88. The van der Waals surface area contributed by atoms with Crippen LogP contribution in [0.15, 0.2) is 83.8 Å². The number of hydrogen-bond donors (Lipinski definition) is 1. The van der Waals surface area contributed by atoms with Crippen LogP contribution in [-0.4, -0.2) is 44.9 Å². The molecule has 1 amide bonds. The number of nitrogens with one attached hydrogen (secondary N) is 1. The molecule has 3 aromatic carbocycles. The summed E-state index contributed by atoms with van der Waals surface area (Å²) in [5.74, 6) is -0.391. The summed E-state index contributed by atoms with van der Waals surface area (Å²) in [6.45, 7) is 1.15. The molecule has 0 bridgehead atoms. The Morgan fingerprint density at radius 2 is 1.47 bits per heavy atom. The van der Waals surface area contributed by atoms with E-state index in [-0.39, 0.29) is 34.6 Å². The first-order valence-electron chi connectivity index (χ1n) is 10.2. The number of rotatable bonds is 6. The number of amides is 1. The van der Waals surface area contributed by atoms with Gasteiger partial charge in [-0.05, 0) is 29.3 Å². The maximum absolute atomic E-state index is 13.2. The first-order valence-corrected chi connectivity index (χ1v) is 12.1. The average Bonchev–Trinajstić information content (AvgIpc) is 2.84. The van der Waals surface area contributed by atoms with Gasteiger partial charge in [0.05, 0.1) is 24.3 Å². The molecule has 0 unspecified atom stereocenters. The van der Waals surface area contributed by atoms with Crippen molar-refractivity contribution in [3.63, 3.8) is 0 Å². The second-order valence-electron chi connectivity index (χ2n) is 7.39. The van der Waals surface area contributed by atoms with Crippen molar-refractivity contribution in [2.45, 2.75) is 10.9 Å². The van der Waals surface area contributed by atoms with E-state index in [1.807, 2.05) is 60.7 Å². The van der Waals surface area contributed by atoms with Gasteiger partial charge in [-0.15, -0.1) is 0 Å². The van der Waals surface area contributed by atoms with E-state index in [1.165, 1.54) is 22.5 Å². The van der Waals surface area contributed by atoms with Gasteiger partial charge in [0, 0.05) is 18.7 Å². The van der Waals surface area contributed by atoms with Crippen molar-refractivity contribution in [3.8, 4) is 0 Å². The molecule has 1 aliphatic rings. The highest BCUT2D eigenvalue weighted by molar-refractivity contribution is 7.89. The number of halogens is 1. The van der Waals surface area contributed by atoms with E-state index < -0.39 is 15.9 Å². The Bertz CT molecular complexity index is 1140. The predicted molar refractivity (Wildman–Crippen MR) is 123 cm³/mol. The van der Waals surface area contributed by atoms with Crippen LogP contribution in [0.4, 0.5) is 0 Å². The van der Waals surface area contributed by atoms with Crippen LogP contribution < -0.4 is 5.32 Å². The molecule has 4 rings (SSSR count). The van der Waals surface area contributed by atoms with E-state index in [1.54, 1.807) is 0 Å². The van der Waals surface area contributed by atoms with Gasteiger partial charge < -0.3 is 10.1 Å². The normalized spacial score (nSPS) is 14.9. The highest BCUT2D eigenvalue weighted by atomic mass is 35.5. The molecule has 1 saturated heterocycles. The van der Waals surface area contributed by atoms with Crippen molar-refractivity contribution >= 4 is 27.5 Å². The number of hydrogen-bond acceptors (Lipinski definition) is 4. The van der Waals surface area contributed by atoms with E-state index in [0.717, 1.165) is 11.1 Å². The summed E-state index contributed by atoms with van der Waals surface area (Å²) < 4.78 is 32.8. The average molecular weight is 471 g/mol. The van der Waals surface area contributed by atoms with E-state index in [2.05, 4.69) is 5.32 Å². The Kier molecular flexibility index (Phi) is 6.91. The Labute approximate surface area is 192 Å². The summed E-state index contributed by atoms with van der Waals surface area (Å²) in [6.07, 6.45) is 0. The number of nitrogens with zero attached hydrogens (tertiary/aromatic N) is 1. The Morgan fingerprint density at radius 3 is 2.03 bits per heavy atom. The van der Waals surface area contributed by atoms with Gasteiger partial charge >= 0.3 is 0 Å². The first-order chi connectivity index (χ1) is 15.5. The zero-order valence-electron chi connectivity index (χ0n) is 17.3. The number of ether oxygens (including phenoxy) is 1. The first kappa shape index (κ1) is 22.5. The summed E-state index contributed by atoms with van der Waals surface area (Å²) in [5.41, 5.74) is 2.06. The van der Waals surface area contributed by atoms with Crippen LogP contribution in [0, 0.1) is 0 Å². The molecule has 0 aliphatic carbocycles. The maximum Gasteiger partial charge on any atom is 0.252 e. The summed E-state index contributed by atoms with van der Waals surface area (Å²) in [4.78, 5) is 13.1. The second-order valence-corrected chi connectivity index (χ2v) is 9.70. The lowest BCUT2D eigenvalue weighted by Crippen LogP contribution is -2.40. The molecule has 1 heterocycles. The highest BCUT2D eigenvalue weighted by Gasteiger charge is 2.29. The van der Waals surface area contributed by atoms with Crippen LogP contribution in [0.2, 0.25) is 5.02 Å². The molecular weight excluding hydrogens is 448 g/mol. The van der Waals surface area contributed by atoms with Gasteiger partial charge in [0.2, 0.25) is 10.0 Å². The molecule has 0 aromatic heterocycles. The summed E-state index contributed by atoms with van der Waals surface area (Å²) in [6, 6.07) is 23.1. The van der Waals surface area contributed by atoms with Crippen LogP contribution in [0.5, 0.6) is 0 Å². The molecule has 6 nitrogen and oxygen atoms in total. The minimum Gasteiger partial charge on any atom is -0.379 e. The lowest BCUT2D eigenvalue weighted by molar-refractivity contribution is 0.0730. The van der Waals surface area contributed by atoms with Gasteiger partial charge in [0.15, 0.2) is 0 Å². The van der Waals surface area contributed by atoms with E-state index in [9.17, 15) is 13.2 Å². The fraction of sp³-hybridized carbons (Fsp3) is 0.208. The van der Waals surface area contributed by atoms with Gasteiger partial charge in [-0.1, -0.05) is 72.3 Å². The van der Waals surface area contributed by atoms with Crippen molar-refractivity contribution < 1.29 is 17.9 Å². The van der Waals surface area contributed by atoms with Gasteiger partial charge in [-0.2, -0.15) is 4.31 Å². The molecule has 1 N–H and O–H groups in total. The number of sulfonamides is 1. The van der Waals surface area contributed by atoms with Crippen LogP contribution in [-0.2, 0) is 14.8 Å². The standard InChI is InChI=1S/C24H23ClN2O4S/c25-21-12-11-20(17-22(21)32(29,30)27-13-15-31-16-14-27)24(28)26-23(18-7-3-1-4-8-18)19-9-5-2-6-10-19/h1-12,17,23H,13-16H2,(H,26,28). The summed E-state index contributed by atoms with van der Waals surface area (Å²) >= 11 is 6.23. The van der Waals surface area contributed by atoms with E-state index >= 15 is 0 Å². The fourth-order valence-corrected chi connectivity index (χ4v) is 5.54. The Balaban J connectivity index is 1.65. The minimum atomic E-state index is -3.84. The quantitative estimate of drug-likeness (QED) is 0.593. The molecular formula is C24H23ClN2O4S. The maximum atomic E-state index is 13.2. The van der Waals surface area contributed by atoms with Gasteiger partial charge in [-0.3, -0.25) is 4.79 Å². The van der Waals surface area contributed by atoms with Crippen molar-refractivity contribution in [1.82, 2.24) is 9.62 Å². The zero-order valence-corrected chi connectivity index (χ0v) is 18.9. The summed E-state index contributed by atoms with van der Waals surface area (Å²) in [7, 11) is -3.84. The Hall–Kier alpha value is -2.71. The molecule has 0 saturated carbocycles. The number of carbonyl (C=O) groups is 1. The number of morpholine rings is 1. The number of benzene rings is 3. The van der Waals surface area contributed by atoms with Crippen LogP contribution in [0.3, 0.4) is 0 Å². The fourth-order valence-electron chi connectivity index (χ4n) is 3.63. The van der Waals surface area contributed by atoms with Crippen LogP contribution in [0.25, 0.3) is 0 Å². The zero-order chi connectivity index (χ0) is 22.6. The van der Waals surface area contributed by atoms with Crippen molar-refractivity contribution in [2.24, 2.45) is 0 Å². The van der Waals surface area contributed by atoms with Gasteiger partial charge in [0.25, 0.3) is 5.91 Å². The van der Waals surface area contributed by atoms with Gasteiger partial charge in [-0.25, -0.2) is 8.42 Å². The molecule has 0 radical (unpaired) electrons. The highest BCUT2D eigenvalue weighted by Crippen LogP contribution is 2.28. The number of carbonyl (C=O) groups excluding carboxylic acids is 1. The van der Waals surface area contributed by atoms with E-state index in [0.29, 0.717) is 13.2 Å². The summed E-state index contributed by atoms with van der Waals surface area (Å²) in [5, 5.41) is 3.11. The smallest absolute Gasteiger partial charge is 0.252 e. The Morgan fingerprint density at radius 1 is 0.906 bits per heavy atom. The molecule has 0 atom stereocenters. The van der Waals surface area contributed by atoms with E-state index in [4.69, 9.17) is 16.3 Å². The third-order valence-electron chi connectivity index (χ3n) is 5.32. The van der Waals surface area contributed by atoms with Gasteiger partial charge in [0.1, 0.15) is 4.90 Å². The molecule has 32 heavy (non-hydrogen) atoms. The monoisotopic (exact) mass is 470 g/mol. The molecule has 0 spiro atoms. The van der Waals surface area contributed by atoms with Crippen molar-refractivity contribution in [2.75, 3.05) is 26.3 Å².